The number of fused-ring (bicyclic) bond motifs is 11. The predicted molar refractivity (Wildman–Crippen MR) is 226 cm³/mol. The van der Waals surface area contributed by atoms with Crippen molar-refractivity contribution in [3.05, 3.63) is 158 Å². The number of rotatable bonds is 3. The van der Waals surface area contributed by atoms with Crippen LogP contribution in [0.5, 0.6) is 0 Å². The quantitative estimate of drug-likeness (QED) is 0.183. The van der Waals surface area contributed by atoms with Crippen LogP contribution in [0.25, 0.3) is 112 Å². The first-order valence-electron chi connectivity index (χ1n) is 17.7. The number of hydrogen-bond acceptors (Lipinski definition) is 5. The Morgan fingerprint density at radius 2 is 1.19 bits per heavy atom. The van der Waals surface area contributed by atoms with E-state index in [0.29, 0.717) is 5.82 Å². The Bertz CT molecular complexity index is 3480. The Balaban J connectivity index is 1.12. The third kappa shape index (κ3) is 4.25. The molecule has 0 aliphatic heterocycles. The van der Waals surface area contributed by atoms with Gasteiger partial charge in [0.1, 0.15) is 4.83 Å². The van der Waals surface area contributed by atoms with Crippen molar-refractivity contribution in [1.82, 2.24) is 19.5 Å². The van der Waals surface area contributed by atoms with Gasteiger partial charge in [0.15, 0.2) is 5.82 Å². The first-order chi connectivity index (χ1) is 26.3. The Kier molecular flexibility index (Phi) is 6.06. The van der Waals surface area contributed by atoms with Gasteiger partial charge in [-0.25, -0.2) is 9.97 Å². The normalized spacial score (nSPS) is 12.2. The largest absolute Gasteiger partial charge is 0.307 e. The summed E-state index contributed by atoms with van der Waals surface area (Å²) in [6, 6.07) is 54.5. The predicted octanol–water partition coefficient (Wildman–Crippen LogP) is 13.3. The second kappa shape index (κ2) is 11.0. The molecule has 0 atom stereocenters. The second-order valence-corrected chi connectivity index (χ2v) is 15.7. The molecule has 0 amide bonds. The molecule has 0 fully saturated rings. The first-order valence-corrected chi connectivity index (χ1v) is 19.3. The molecule has 0 unspecified atom stereocenters. The van der Waals surface area contributed by atoms with Gasteiger partial charge in [0.05, 0.1) is 27.9 Å². The van der Waals surface area contributed by atoms with Crippen LogP contribution in [-0.4, -0.2) is 19.5 Å². The van der Waals surface area contributed by atoms with Gasteiger partial charge in [0.2, 0.25) is 0 Å². The van der Waals surface area contributed by atoms with Gasteiger partial charge < -0.3 is 4.57 Å². The summed E-state index contributed by atoms with van der Waals surface area (Å²) in [4.78, 5) is 16.8. The smallest absolute Gasteiger partial charge is 0.162 e. The summed E-state index contributed by atoms with van der Waals surface area (Å²) >= 11 is 3.56. The van der Waals surface area contributed by atoms with E-state index in [0.717, 1.165) is 54.7 Å². The molecule has 53 heavy (non-hydrogen) atoms. The molecule has 6 heteroatoms. The standard InChI is InChI=1S/C47H26N4S2/c1-2-11-28-25-39-36(24-27(28)10-1)30-12-3-6-16-37(30)51(39)38-22-21-34(33-15-9-23-48-45(33)38)46-49-44(43-35-14-5-8-18-41(35)53-47(43)50-46)29-19-20-32-31-13-4-7-17-40(31)52-42(32)26-29/h1-26H. The van der Waals surface area contributed by atoms with Crippen molar-refractivity contribution in [2.45, 2.75) is 0 Å². The molecule has 0 spiro atoms. The maximum atomic E-state index is 5.47. The molecule has 0 saturated heterocycles. The topological polar surface area (TPSA) is 43.6 Å². The van der Waals surface area contributed by atoms with Gasteiger partial charge in [-0.1, -0.05) is 97.1 Å². The van der Waals surface area contributed by atoms with Crippen molar-refractivity contribution in [3.63, 3.8) is 0 Å². The third-order valence-electron chi connectivity index (χ3n) is 10.7. The monoisotopic (exact) mass is 710 g/mol. The molecule has 0 aliphatic carbocycles. The van der Waals surface area contributed by atoms with E-state index < -0.39 is 0 Å². The highest BCUT2D eigenvalue weighted by Crippen LogP contribution is 2.43. The number of benzene rings is 7. The van der Waals surface area contributed by atoms with Crippen LogP contribution in [0, 0.1) is 0 Å². The highest BCUT2D eigenvalue weighted by atomic mass is 32.1. The molecule has 5 heterocycles. The summed E-state index contributed by atoms with van der Waals surface area (Å²) in [7, 11) is 0. The summed E-state index contributed by atoms with van der Waals surface area (Å²) in [6.07, 6.45) is 1.89. The Hall–Kier alpha value is -6.47. The number of nitrogens with zero attached hydrogens (tertiary/aromatic N) is 4. The van der Waals surface area contributed by atoms with Crippen molar-refractivity contribution in [1.29, 1.82) is 0 Å². The molecule has 246 valence electrons. The van der Waals surface area contributed by atoms with E-state index in [1.54, 1.807) is 11.3 Å². The zero-order valence-corrected chi connectivity index (χ0v) is 29.7. The van der Waals surface area contributed by atoms with E-state index in [-0.39, 0.29) is 0 Å². The molecule has 5 aromatic heterocycles. The molecule has 12 aromatic rings. The van der Waals surface area contributed by atoms with Crippen LogP contribution in [0.4, 0.5) is 0 Å². The molecule has 0 bridgehead atoms. The number of pyridine rings is 1. The number of thiophene rings is 2. The van der Waals surface area contributed by atoms with Gasteiger partial charge >= 0.3 is 0 Å². The lowest BCUT2D eigenvalue weighted by Gasteiger charge is -2.14. The van der Waals surface area contributed by atoms with Crippen molar-refractivity contribution < 1.29 is 0 Å². The fraction of sp³-hybridized carbons (Fsp3) is 0. The van der Waals surface area contributed by atoms with Crippen LogP contribution in [0.15, 0.2) is 158 Å². The lowest BCUT2D eigenvalue weighted by atomic mass is 10.0. The molecular formula is C47H26N4S2. The minimum Gasteiger partial charge on any atom is -0.307 e. The SMILES string of the molecule is c1ccc2cc3c(cc2c1)c1ccccc1n3-c1ccc(-c2nc(-c3ccc4c(c3)sc3ccccc34)c3c(n2)sc2ccccc23)c2cccnc12. The van der Waals surface area contributed by atoms with E-state index in [2.05, 4.69) is 150 Å². The summed E-state index contributed by atoms with van der Waals surface area (Å²) in [5, 5.41) is 10.8. The van der Waals surface area contributed by atoms with E-state index in [1.165, 1.54) is 51.8 Å². The summed E-state index contributed by atoms with van der Waals surface area (Å²) in [5.74, 6) is 0.702. The molecule has 12 rings (SSSR count). The van der Waals surface area contributed by atoms with Crippen molar-refractivity contribution >= 4 is 107 Å². The number of para-hydroxylation sites is 1. The highest BCUT2D eigenvalue weighted by Gasteiger charge is 2.21. The fourth-order valence-electron chi connectivity index (χ4n) is 8.27. The number of aromatic nitrogens is 4. The maximum Gasteiger partial charge on any atom is 0.162 e. The fourth-order valence-corrected chi connectivity index (χ4v) is 10.5. The first kappa shape index (κ1) is 29.1. The van der Waals surface area contributed by atoms with Crippen LogP contribution < -0.4 is 0 Å². The van der Waals surface area contributed by atoms with Crippen LogP contribution in [-0.2, 0) is 0 Å². The molecular weight excluding hydrogens is 685 g/mol. The minimum absolute atomic E-state index is 0.702. The lowest BCUT2D eigenvalue weighted by molar-refractivity contribution is 1.18. The Morgan fingerprint density at radius 3 is 2.08 bits per heavy atom. The van der Waals surface area contributed by atoms with Gasteiger partial charge in [-0.15, -0.1) is 22.7 Å². The van der Waals surface area contributed by atoms with Gasteiger partial charge in [0, 0.05) is 69.1 Å². The van der Waals surface area contributed by atoms with Gasteiger partial charge in [-0.2, -0.15) is 0 Å². The van der Waals surface area contributed by atoms with Crippen LogP contribution in [0.3, 0.4) is 0 Å². The Labute approximate surface area is 310 Å². The van der Waals surface area contributed by atoms with E-state index in [1.807, 2.05) is 23.6 Å². The van der Waals surface area contributed by atoms with Crippen molar-refractivity contribution in [3.8, 4) is 28.3 Å². The molecule has 0 saturated carbocycles. The van der Waals surface area contributed by atoms with E-state index in [4.69, 9.17) is 15.0 Å². The van der Waals surface area contributed by atoms with E-state index in [9.17, 15) is 0 Å². The molecule has 0 aliphatic rings. The Morgan fingerprint density at radius 1 is 0.472 bits per heavy atom. The molecule has 0 N–H and O–H groups in total. The van der Waals surface area contributed by atoms with Crippen LogP contribution >= 0.6 is 22.7 Å². The summed E-state index contributed by atoms with van der Waals surface area (Å²) in [6.45, 7) is 0. The summed E-state index contributed by atoms with van der Waals surface area (Å²) in [5.41, 5.74) is 7.27. The highest BCUT2D eigenvalue weighted by molar-refractivity contribution is 7.26. The zero-order valence-electron chi connectivity index (χ0n) is 28.1. The summed E-state index contributed by atoms with van der Waals surface area (Å²) < 4.78 is 6.14. The molecule has 7 aromatic carbocycles. The second-order valence-electron chi connectivity index (χ2n) is 13.6. The van der Waals surface area contributed by atoms with Gasteiger partial charge in [0.25, 0.3) is 0 Å². The average Bonchev–Trinajstić information content (AvgIpc) is 3.88. The lowest BCUT2D eigenvalue weighted by Crippen LogP contribution is -1.99. The van der Waals surface area contributed by atoms with Gasteiger partial charge in [-0.3, -0.25) is 4.98 Å². The van der Waals surface area contributed by atoms with Crippen molar-refractivity contribution in [2.75, 3.05) is 0 Å². The maximum absolute atomic E-state index is 5.47. The average molecular weight is 711 g/mol. The van der Waals surface area contributed by atoms with Gasteiger partial charge in [-0.05, 0) is 65.4 Å². The van der Waals surface area contributed by atoms with Crippen molar-refractivity contribution in [2.24, 2.45) is 0 Å². The van der Waals surface area contributed by atoms with Crippen LogP contribution in [0.1, 0.15) is 0 Å². The number of hydrogen-bond donors (Lipinski definition) is 0. The zero-order chi connectivity index (χ0) is 34.6. The molecule has 0 radical (unpaired) electrons. The third-order valence-corrected chi connectivity index (χ3v) is 12.9. The van der Waals surface area contributed by atoms with Crippen LogP contribution in [0.2, 0.25) is 0 Å². The minimum atomic E-state index is 0.702. The molecule has 4 nitrogen and oxygen atoms in total. The van der Waals surface area contributed by atoms with E-state index >= 15 is 0 Å².